The van der Waals surface area contributed by atoms with Gasteiger partial charge < -0.3 is 9.90 Å². The molecule has 0 amide bonds. The molecule has 1 N–H and O–H groups in total. The molecule has 15 heavy (non-hydrogen) atoms. The van der Waals surface area contributed by atoms with E-state index in [4.69, 9.17) is 0 Å². The van der Waals surface area contributed by atoms with E-state index < -0.39 is 6.10 Å². The second-order valence-electron chi connectivity index (χ2n) is 3.81. The van der Waals surface area contributed by atoms with Gasteiger partial charge in [-0.1, -0.05) is 19.1 Å². The van der Waals surface area contributed by atoms with Crippen LogP contribution in [0.15, 0.2) is 24.3 Å². The largest absolute Gasteiger partial charge is 0.388 e. The van der Waals surface area contributed by atoms with E-state index in [1.165, 1.54) is 12.1 Å². The molecule has 1 rings (SSSR count). The third-order valence-electron chi connectivity index (χ3n) is 2.38. The molecular formula is C12H15FO2. The van der Waals surface area contributed by atoms with E-state index in [0.29, 0.717) is 18.4 Å². The highest BCUT2D eigenvalue weighted by atomic mass is 19.1. The van der Waals surface area contributed by atoms with Crippen LogP contribution in [0.1, 0.15) is 31.4 Å². The lowest BCUT2D eigenvalue weighted by molar-refractivity contribution is -0.108. The molecule has 0 aliphatic heterocycles. The van der Waals surface area contributed by atoms with Crippen LogP contribution < -0.4 is 0 Å². The molecule has 3 heteroatoms. The minimum atomic E-state index is -0.624. The van der Waals surface area contributed by atoms with Gasteiger partial charge in [0.25, 0.3) is 0 Å². The van der Waals surface area contributed by atoms with Crippen molar-refractivity contribution < 1.29 is 14.3 Å². The molecule has 1 aromatic carbocycles. The van der Waals surface area contributed by atoms with Crippen LogP contribution in [0.25, 0.3) is 0 Å². The first-order chi connectivity index (χ1) is 7.13. The van der Waals surface area contributed by atoms with Gasteiger partial charge in [-0.3, -0.25) is 0 Å². The van der Waals surface area contributed by atoms with Crippen molar-refractivity contribution in [3.05, 3.63) is 35.6 Å². The lowest BCUT2D eigenvalue weighted by Crippen LogP contribution is -2.05. The molecule has 0 aromatic heterocycles. The van der Waals surface area contributed by atoms with E-state index in [2.05, 4.69) is 0 Å². The Morgan fingerprint density at radius 3 is 2.53 bits per heavy atom. The second-order valence-corrected chi connectivity index (χ2v) is 3.81. The Morgan fingerprint density at radius 1 is 1.40 bits per heavy atom. The van der Waals surface area contributed by atoms with Crippen LogP contribution >= 0.6 is 0 Å². The lowest BCUT2D eigenvalue weighted by Gasteiger charge is -2.14. The third-order valence-corrected chi connectivity index (χ3v) is 2.38. The number of aliphatic hydroxyl groups is 1. The molecular weight excluding hydrogens is 195 g/mol. The predicted octanol–water partition coefficient (Wildman–Crippen LogP) is 2.47. The van der Waals surface area contributed by atoms with Crippen molar-refractivity contribution in [1.82, 2.24) is 0 Å². The fraction of sp³-hybridized carbons (Fsp3) is 0.417. The standard InChI is InChI=1S/C12H15FO2/c1-9(6-7-14)8-12(15)10-2-4-11(13)5-3-10/h2-5,7,9,12,15H,6,8H2,1H3/t9-,12?/m1/s1. The molecule has 0 fully saturated rings. The Morgan fingerprint density at radius 2 is 2.00 bits per heavy atom. The third kappa shape index (κ3) is 3.80. The second kappa shape index (κ2) is 5.61. The first-order valence-corrected chi connectivity index (χ1v) is 5.00. The van der Waals surface area contributed by atoms with Gasteiger partial charge in [0, 0.05) is 6.42 Å². The number of carbonyl (C=O) groups excluding carboxylic acids is 1. The van der Waals surface area contributed by atoms with Gasteiger partial charge in [0.1, 0.15) is 12.1 Å². The van der Waals surface area contributed by atoms with Gasteiger partial charge in [0.15, 0.2) is 0 Å². The van der Waals surface area contributed by atoms with E-state index in [9.17, 15) is 14.3 Å². The van der Waals surface area contributed by atoms with Gasteiger partial charge in [-0.25, -0.2) is 4.39 Å². The number of hydrogen-bond acceptors (Lipinski definition) is 2. The zero-order valence-electron chi connectivity index (χ0n) is 8.69. The molecule has 2 nitrogen and oxygen atoms in total. The predicted molar refractivity (Wildman–Crippen MR) is 55.8 cm³/mol. The summed E-state index contributed by atoms with van der Waals surface area (Å²) in [6.45, 7) is 1.90. The van der Waals surface area contributed by atoms with Crippen LogP contribution in [0.5, 0.6) is 0 Å². The molecule has 1 unspecified atom stereocenters. The van der Waals surface area contributed by atoms with Gasteiger partial charge in [0.2, 0.25) is 0 Å². The lowest BCUT2D eigenvalue weighted by atomic mass is 9.96. The van der Waals surface area contributed by atoms with E-state index in [1.807, 2.05) is 6.92 Å². The minimum Gasteiger partial charge on any atom is -0.388 e. The SMILES string of the molecule is C[C@H](CC=O)CC(O)c1ccc(F)cc1. The Kier molecular flexibility index (Phi) is 4.43. The van der Waals surface area contributed by atoms with Crippen molar-refractivity contribution in [2.75, 3.05) is 0 Å². The number of aldehydes is 1. The highest BCUT2D eigenvalue weighted by molar-refractivity contribution is 5.49. The molecule has 0 saturated carbocycles. The van der Waals surface area contributed by atoms with Crippen LogP contribution in [0.3, 0.4) is 0 Å². The molecule has 0 saturated heterocycles. The molecule has 0 heterocycles. The highest BCUT2D eigenvalue weighted by Gasteiger charge is 2.11. The average Bonchev–Trinajstić information content (AvgIpc) is 2.18. The first kappa shape index (κ1) is 11.9. The minimum absolute atomic E-state index is 0.141. The van der Waals surface area contributed by atoms with Crippen molar-refractivity contribution in [2.24, 2.45) is 5.92 Å². The molecule has 82 valence electrons. The summed E-state index contributed by atoms with van der Waals surface area (Å²) in [5.41, 5.74) is 0.689. The summed E-state index contributed by atoms with van der Waals surface area (Å²) in [5.74, 6) is -0.172. The van der Waals surface area contributed by atoms with Gasteiger partial charge in [-0.15, -0.1) is 0 Å². The fourth-order valence-corrected chi connectivity index (χ4v) is 1.46. The van der Waals surface area contributed by atoms with Crippen molar-refractivity contribution >= 4 is 6.29 Å². The molecule has 0 aliphatic rings. The molecule has 2 atom stereocenters. The van der Waals surface area contributed by atoms with E-state index in [-0.39, 0.29) is 11.7 Å². The Bertz CT molecular complexity index is 308. The topological polar surface area (TPSA) is 37.3 Å². The summed E-state index contributed by atoms with van der Waals surface area (Å²) in [6.07, 6.45) is 1.19. The Labute approximate surface area is 88.7 Å². The van der Waals surface area contributed by atoms with E-state index in [0.717, 1.165) is 6.29 Å². The number of rotatable bonds is 5. The fourth-order valence-electron chi connectivity index (χ4n) is 1.46. The number of hydrogen-bond donors (Lipinski definition) is 1. The quantitative estimate of drug-likeness (QED) is 0.758. The summed E-state index contributed by atoms with van der Waals surface area (Å²) >= 11 is 0. The average molecular weight is 210 g/mol. The summed E-state index contributed by atoms with van der Waals surface area (Å²) < 4.78 is 12.6. The van der Waals surface area contributed by atoms with Gasteiger partial charge in [-0.2, -0.15) is 0 Å². The van der Waals surface area contributed by atoms with Gasteiger partial charge >= 0.3 is 0 Å². The maximum atomic E-state index is 12.6. The molecule has 0 bridgehead atoms. The van der Waals surface area contributed by atoms with Gasteiger partial charge in [-0.05, 0) is 30.0 Å². The first-order valence-electron chi connectivity index (χ1n) is 5.00. The number of benzene rings is 1. The zero-order chi connectivity index (χ0) is 11.3. The van der Waals surface area contributed by atoms with E-state index in [1.54, 1.807) is 12.1 Å². The maximum Gasteiger partial charge on any atom is 0.123 e. The van der Waals surface area contributed by atoms with Crippen molar-refractivity contribution in [3.8, 4) is 0 Å². The number of halogens is 1. The summed E-state index contributed by atoms with van der Waals surface area (Å²) in [4.78, 5) is 10.2. The normalized spacial score (nSPS) is 14.6. The Balaban J connectivity index is 2.56. The Hall–Kier alpha value is -1.22. The van der Waals surface area contributed by atoms with Crippen LogP contribution in [-0.4, -0.2) is 11.4 Å². The van der Waals surface area contributed by atoms with E-state index >= 15 is 0 Å². The summed E-state index contributed by atoms with van der Waals surface area (Å²) in [7, 11) is 0. The van der Waals surface area contributed by atoms with Crippen LogP contribution in [-0.2, 0) is 4.79 Å². The number of aliphatic hydroxyl groups excluding tert-OH is 1. The molecule has 0 aliphatic carbocycles. The summed E-state index contributed by atoms with van der Waals surface area (Å²) in [5, 5.41) is 9.77. The smallest absolute Gasteiger partial charge is 0.123 e. The van der Waals surface area contributed by atoms with Crippen molar-refractivity contribution in [2.45, 2.75) is 25.9 Å². The van der Waals surface area contributed by atoms with Crippen LogP contribution in [0, 0.1) is 11.7 Å². The molecule has 0 spiro atoms. The van der Waals surface area contributed by atoms with Crippen LogP contribution in [0.2, 0.25) is 0 Å². The van der Waals surface area contributed by atoms with Crippen molar-refractivity contribution in [3.63, 3.8) is 0 Å². The monoisotopic (exact) mass is 210 g/mol. The van der Waals surface area contributed by atoms with Crippen LogP contribution in [0.4, 0.5) is 4.39 Å². The van der Waals surface area contributed by atoms with Crippen molar-refractivity contribution in [1.29, 1.82) is 0 Å². The molecule has 1 aromatic rings. The highest BCUT2D eigenvalue weighted by Crippen LogP contribution is 2.22. The summed E-state index contributed by atoms with van der Waals surface area (Å²) in [6, 6.07) is 5.77. The molecule has 0 radical (unpaired) electrons. The maximum absolute atomic E-state index is 12.6. The van der Waals surface area contributed by atoms with Gasteiger partial charge in [0.05, 0.1) is 6.10 Å². The zero-order valence-corrected chi connectivity index (χ0v) is 8.69. The number of carbonyl (C=O) groups is 1.